The Kier molecular flexibility index (Phi) is 5.01. The van der Waals surface area contributed by atoms with Gasteiger partial charge in [-0.1, -0.05) is 6.92 Å². The lowest BCUT2D eigenvalue weighted by atomic mass is 10.2. The molecule has 112 valence electrons. The number of nitrogens with zero attached hydrogens (tertiary/aromatic N) is 2. The molecule has 0 amide bonds. The first kappa shape index (κ1) is 15.6. The summed E-state index contributed by atoms with van der Waals surface area (Å²) in [7, 11) is 0. The average molecular weight is 308 g/mol. The second kappa shape index (κ2) is 6.76. The van der Waals surface area contributed by atoms with Crippen LogP contribution in [0.15, 0.2) is 29.2 Å². The minimum atomic E-state index is -1.25. The molecule has 0 saturated heterocycles. The number of aromatic carboxylic acids is 1. The molecule has 1 heterocycles. The molecule has 0 aliphatic rings. The van der Waals surface area contributed by atoms with Crippen molar-refractivity contribution in [2.24, 2.45) is 0 Å². The van der Waals surface area contributed by atoms with Crippen LogP contribution < -0.4 is 0 Å². The number of hydrogen-bond donors (Lipinski definition) is 1. The molecule has 4 nitrogen and oxygen atoms in total. The number of carbonyl (C=O) groups is 1. The Bertz CT molecular complexity index is 655. The van der Waals surface area contributed by atoms with Gasteiger partial charge in [0.15, 0.2) is 0 Å². The van der Waals surface area contributed by atoms with E-state index in [9.17, 15) is 9.18 Å². The van der Waals surface area contributed by atoms with Crippen LogP contribution in [0.4, 0.5) is 4.39 Å². The van der Waals surface area contributed by atoms with Crippen molar-refractivity contribution >= 4 is 17.7 Å². The van der Waals surface area contributed by atoms with Gasteiger partial charge in [-0.05, 0) is 37.6 Å². The van der Waals surface area contributed by atoms with Gasteiger partial charge in [0.2, 0.25) is 0 Å². The van der Waals surface area contributed by atoms with Crippen molar-refractivity contribution in [2.45, 2.75) is 37.5 Å². The summed E-state index contributed by atoms with van der Waals surface area (Å²) < 4.78 is 15.3. The Morgan fingerprint density at radius 1 is 1.38 bits per heavy atom. The topological polar surface area (TPSA) is 55.1 Å². The van der Waals surface area contributed by atoms with Gasteiger partial charge in [-0.25, -0.2) is 9.18 Å². The molecule has 0 spiro atoms. The van der Waals surface area contributed by atoms with Gasteiger partial charge in [-0.15, -0.1) is 11.8 Å². The normalized spacial score (nSPS) is 10.8. The van der Waals surface area contributed by atoms with E-state index in [1.54, 1.807) is 6.07 Å². The van der Waals surface area contributed by atoms with Crippen molar-refractivity contribution in [3.05, 3.63) is 47.0 Å². The number of carboxylic acid groups (broad SMARTS) is 1. The van der Waals surface area contributed by atoms with Crippen molar-refractivity contribution in [3.63, 3.8) is 0 Å². The SMILES string of the molecule is CCc1cc(CSc2ccc(F)c(C(=O)O)c2)n(CC)n1. The van der Waals surface area contributed by atoms with Gasteiger partial charge in [0.05, 0.1) is 11.3 Å². The first-order chi connectivity index (χ1) is 10.0. The Labute approximate surface area is 127 Å². The lowest BCUT2D eigenvalue weighted by Gasteiger charge is -2.06. The van der Waals surface area contributed by atoms with Crippen LogP contribution in [0.2, 0.25) is 0 Å². The van der Waals surface area contributed by atoms with Crippen LogP contribution in [-0.2, 0) is 18.7 Å². The van der Waals surface area contributed by atoms with Crippen LogP contribution in [0, 0.1) is 5.82 Å². The maximum absolute atomic E-state index is 13.3. The lowest BCUT2D eigenvalue weighted by molar-refractivity contribution is 0.0691. The van der Waals surface area contributed by atoms with Gasteiger partial charge in [0.25, 0.3) is 0 Å². The fourth-order valence-corrected chi connectivity index (χ4v) is 2.91. The number of aryl methyl sites for hydroxylation is 2. The second-order valence-electron chi connectivity index (χ2n) is 4.53. The van der Waals surface area contributed by atoms with E-state index >= 15 is 0 Å². The number of benzene rings is 1. The molecule has 6 heteroatoms. The predicted octanol–water partition coefficient (Wildman–Crippen LogP) is 3.60. The molecule has 2 rings (SSSR count). The van der Waals surface area contributed by atoms with Crippen molar-refractivity contribution < 1.29 is 14.3 Å². The summed E-state index contributed by atoms with van der Waals surface area (Å²) in [5, 5.41) is 13.4. The molecule has 1 N–H and O–H groups in total. The van der Waals surface area contributed by atoms with E-state index in [1.165, 1.54) is 23.9 Å². The molecule has 0 atom stereocenters. The van der Waals surface area contributed by atoms with Gasteiger partial charge in [-0.3, -0.25) is 4.68 Å². The number of aromatic nitrogens is 2. The molecule has 0 bridgehead atoms. The summed E-state index contributed by atoms with van der Waals surface area (Å²) in [5.74, 6) is -1.29. The number of halogens is 1. The van der Waals surface area contributed by atoms with Crippen LogP contribution in [0.5, 0.6) is 0 Å². The summed E-state index contributed by atoms with van der Waals surface area (Å²) in [5.41, 5.74) is 1.83. The van der Waals surface area contributed by atoms with E-state index in [0.29, 0.717) is 5.75 Å². The summed E-state index contributed by atoms with van der Waals surface area (Å²) in [6, 6.07) is 6.22. The Morgan fingerprint density at radius 3 is 2.76 bits per heavy atom. The third-order valence-electron chi connectivity index (χ3n) is 3.13. The minimum absolute atomic E-state index is 0.293. The monoisotopic (exact) mass is 308 g/mol. The van der Waals surface area contributed by atoms with E-state index in [2.05, 4.69) is 18.1 Å². The van der Waals surface area contributed by atoms with Crippen LogP contribution in [-0.4, -0.2) is 20.9 Å². The third kappa shape index (κ3) is 3.64. The Balaban J connectivity index is 2.14. The first-order valence-electron chi connectivity index (χ1n) is 6.76. The molecule has 2 aromatic rings. The molecule has 1 aromatic carbocycles. The third-order valence-corrected chi connectivity index (χ3v) is 4.16. The summed E-state index contributed by atoms with van der Waals surface area (Å²) in [4.78, 5) is 11.7. The standard InChI is InChI=1S/C15H17FN2O2S/c1-3-10-7-11(18(4-2)17-10)9-21-12-5-6-14(16)13(8-12)15(19)20/h5-8H,3-4,9H2,1-2H3,(H,19,20). The van der Waals surface area contributed by atoms with E-state index in [-0.39, 0.29) is 5.56 Å². The molecule has 0 radical (unpaired) electrons. The molecule has 0 fully saturated rings. The van der Waals surface area contributed by atoms with Gasteiger partial charge in [-0.2, -0.15) is 5.10 Å². The first-order valence-corrected chi connectivity index (χ1v) is 7.75. The van der Waals surface area contributed by atoms with Crippen molar-refractivity contribution in [2.75, 3.05) is 0 Å². The zero-order chi connectivity index (χ0) is 15.4. The van der Waals surface area contributed by atoms with E-state index in [1.807, 2.05) is 11.6 Å². The summed E-state index contributed by atoms with van der Waals surface area (Å²) in [6.45, 7) is 4.87. The molecule has 21 heavy (non-hydrogen) atoms. The molecule has 0 saturated carbocycles. The highest BCUT2D eigenvalue weighted by Gasteiger charge is 2.12. The summed E-state index contributed by atoms with van der Waals surface area (Å²) in [6.07, 6.45) is 0.879. The maximum atomic E-state index is 13.3. The van der Waals surface area contributed by atoms with Crippen LogP contribution >= 0.6 is 11.8 Å². The molecule has 0 aliphatic carbocycles. The van der Waals surface area contributed by atoms with Gasteiger partial charge in [0, 0.05) is 22.9 Å². The van der Waals surface area contributed by atoms with E-state index in [0.717, 1.165) is 29.2 Å². The average Bonchev–Trinajstić information content (AvgIpc) is 2.88. The predicted molar refractivity (Wildman–Crippen MR) is 80.2 cm³/mol. The molecular weight excluding hydrogens is 291 g/mol. The smallest absolute Gasteiger partial charge is 0.338 e. The molecule has 0 unspecified atom stereocenters. The van der Waals surface area contributed by atoms with Gasteiger partial charge in [0.1, 0.15) is 5.82 Å². The fraction of sp³-hybridized carbons (Fsp3) is 0.333. The van der Waals surface area contributed by atoms with E-state index in [4.69, 9.17) is 5.11 Å². The maximum Gasteiger partial charge on any atom is 0.338 e. The van der Waals surface area contributed by atoms with Crippen LogP contribution in [0.1, 0.15) is 35.6 Å². The highest BCUT2D eigenvalue weighted by Crippen LogP contribution is 2.25. The highest BCUT2D eigenvalue weighted by molar-refractivity contribution is 7.98. The van der Waals surface area contributed by atoms with Crippen molar-refractivity contribution in [3.8, 4) is 0 Å². The number of thioether (sulfide) groups is 1. The van der Waals surface area contributed by atoms with Crippen molar-refractivity contribution in [1.29, 1.82) is 0 Å². The van der Waals surface area contributed by atoms with Crippen molar-refractivity contribution in [1.82, 2.24) is 9.78 Å². The molecular formula is C15H17FN2O2S. The fourth-order valence-electron chi connectivity index (χ4n) is 1.99. The van der Waals surface area contributed by atoms with E-state index < -0.39 is 11.8 Å². The Hall–Kier alpha value is -1.82. The lowest BCUT2D eigenvalue weighted by Crippen LogP contribution is -2.02. The Morgan fingerprint density at radius 2 is 2.14 bits per heavy atom. The van der Waals surface area contributed by atoms with Gasteiger partial charge >= 0.3 is 5.97 Å². The molecule has 0 aliphatic heterocycles. The van der Waals surface area contributed by atoms with Gasteiger partial charge < -0.3 is 5.11 Å². The number of carboxylic acids is 1. The molecule has 1 aromatic heterocycles. The largest absolute Gasteiger partial charge is 0.478 e. The van der Waals surface area contributed by atoms with Crippen LogP contribution in [0.3, 0.4) is 0 Å². The summed E-state index contributed by atoms with van der Waals surface area (Å²) >= 11 is 1.48. The van der Waals surface area contributed by atoms with Crippen LogP contribution in [0.25, 0.3) is 0 Å². The quantitative estimate of drug-likeness (QED) is 0.829. The minimum Gasteiger partial charge on any atom is -0.478 e. The zero-order valence-electron chi connectivity index (χ0n) is 12.0. The highest BCUT2D eigenvalue weighted by atomic mass is 32.2. The number of rotatable bonds is 6. The second-order valence-corrected chi connectivity index (χ2v) is 5.58. The number of hydrogen-bond acceptors (Lipinski definition) is 3. The zero-order valence-corrected chi connectivity index (χ0v) is 12.8.